The zero-order chi connectivity index (χ0) is 17.1. The molecular weight excluding hydrogens is 369 g/mol. The minimum Gasteiger partial charge on any atom is -0.495 e. The van der Waals surface area contributed by atoms with Crippen LogP contribution in [0.2, 0.25) is 10.0 Å². The molecule has 0 saturated carbocycles. The molecule has 1 aromatic carbocycles. The summed E-state index contributed by atoms with van der Waals surface area (Å²) in [5, 5.41) is 1.12. The van der Waals surface area contributed by atoms with Gasteiger partial charge in [0.15, 0.2) is 5.75 Å². The van der Waals surface area contributed by atoms with Crippen LogP contribution in [0.3, 0.4) is 0 Å². The maximum Gasteiger partial charge on any atom is 0.156 e. The molecular formula is C18H18Cl3NO2. The van der Waals surface area contributed by atoms with Crippen LogP contribution in [0.4, 0.5) is 0 Å². The molecule has 6 heteroatoms. The lowest BCUT2D eigenvalue weighted by molar-refractivity contribution is 0.342. The van der Waals surface area contributed by atoms with Crippen LogP contribution in [0, 0.1) is 0 Å². The summed E-state index contributed by atoms with van der Waals surface area (Å²) in [5.41, 5.74) is 3.23. The number of nitrogens with zero attached hydrogens (tertiary/aromatic N) is 1. The SMILES string of the molecule is COc1ccc(C2CCCc3c2cc(Cl)c(OCCCl)c3Cl)nc1. The van der Waals surface area contributed by atoms with Crippen molar-refractivity contribution in [1.82, 2.24) is 4.98 Å². The first kappa shape index (κ1) is 17.7. The minimum absolute atomic E-state index is 0.178. The van der Waals surface area contributed by atoms with Crippen LogP contribution < -0.4 is 9.47 Å². The molecule has 0 aliphatic heterocycles. The molecule has 0 spiro atoms. The van der Waals surface area contributed by atoms with E-state index >= 15 is 0 Å². The topological polar surface area (TPSA) is 31.4 Å². The largest absolute Gasteiger partial charge is 0.495 e. The number of fused-ring (bicyclic) bond motifs is 1. The van der Waals surface area contributed by atoms with Crippen molar-refractivity contribution >= 4 is 34.8 Å². The highest BCUT2D eigenvalue weighted by molar-refractivity contribution is 6.37. The van der Waals surface area contributed by atoms with Crippen LogP contribution in [-0.4, -0.2) is 24.6 Å². The third kappa shape index (κ3) is 3.44. The van der Waals surface area contributed by atoms with Gasteiger partial charge < -0.3 is 9.47 Å². The Balaban J connectivity index is 2.00. The maximum absolute atomic E-state index is 6.58. The number of ether oxygens (including phenoxy) is 2. The molecule has 0 amide bonds. The van der Waals surface area contributed by atoms with E-state index in [-0.39, 0.29) is 5.92 Å². The lowest BCUT2D eigenvalue weighted by Crippen LogP contribution is -2.14. The van der Waals surface area contributed by atoms with E-state index in [1.807, 2.05) is 18.2 Å². The lowest BCUT2D eigenvalue weighted by Gasteiger charge is -2.27. The number of hydrogen-bond donors (Lipinski definition) is 0. The smallest absolute Gasteiger partial charge is 0.156 e. The zero-order valence-electron chi connectivity index (χ0n) is 13.3. The molecule has 24 heavy (non-hydrogen) atoms. The fourth-order valence-electron chi connectivity index (χ4n) is 3.16. The Morgan fingerprint density at radius 3 is 2.79 bits per heavy atom. The third-order valence-electron chi connectivity index (χ3n) is 4.28. The van der Waals surface area contributed by atoms with E-state index in [9.17, 15) is 0 Å². The van der Waals surface area contributed by atoms with Crippen LogP contribution in [0.5, 0.6) is 11.5 Å². The van der Waals surface area contributed by atoms with Gasteiger partial charge in [0.1, 0.15) is 12.4 Å². The number of alkyl halides is 1. The fourth-order valence-corrected chi connectivity index (χ4v) is 3.91. The molecule has 0 radical (unpaired) electrons. The van der Waals surface area contributed by atoms with E-state index in [1.165, 1.54) is 0 Å². The lowest BCUT2D eigenvalue weighted by atomic mass is 9.80. The molecule has 3 rings (SSSR count). The number of aromatic nitrogens is 1. The predicted molar refractivity (Wildman–Crippen MR) is 98.2 cm³/mol. The summed E-state index contributed by atoms with van der Waals surface area (Å²) in [7, 11) is 1.63. The van der Waals surface area contributed by atoms with E-state index < -0.39 is 0 Å². The Kier molecular flexibility index (Phi) is 5.75. The van der Waals surface area contributed by atoms with Crippen molar-refractivity contribution in [3.8, 4) is 11.5 Å². The van der Waals surface area contributed by atoms with Crippen LogP contribution in [-0.2, 0) is 6.42 Å². The first-order valence-electron chi connectivity index (χ1n) is 7.85. The van der Waals surface area contributed by atoms with E-state index in [0.717, 1.165) is 41.8 Å². The summed E-state index contributed by atoms with van der Waals surface area (Å²) >= 11 is 18.7. The molecule has 0 saturated heterocycles. The molecule has 1 heterocycles. The highest BCUT2D eigenvalue weighted by atomic mass is 35.5. The first-order valence-corrected chi connectivity index (χ1v) is 9.14. The molecule has 1 unspecified atom stereocenters. The number of halogens is 3. The van der Waals surface area contributed by atoms with Crippen molar-refractivity contribution in [2.45, 2.75) is 25.2 Å². The highest BCUT2D eigenvalue weighted by Gasteiger charge is 2.27. The summed E-state index contributed by atoms with van der Waals surface area (Å²) in [6.45, 7) is 0.378. The third-order valence-corrected chi connectivity index (χ3v) is 5.12. The second-order valence-corrected chi connectivity index (χ2v) is 6.84. The molecule has 0 fully saturated rings. The average molecular weight is 387 g/mol. The van der Waals surface area contributed by atoms with Crippen molar-refractivity contribution in [1.29, 1.82) is 0 Å². The minimum atomic E-state index is 0.178. The van der Waals surface area contributed by atoms with Gasteiger partial charge in [-0.25, -0.2) is 0 Å². The molecule has 0 N–H and O–H groups in total. The number of methoxy groups -OCH3 is 1. The maximum atomic E-state index is 6.58. The highest BCUT2D eigenvalue weighted by Crippen LogP contribution is 2.45. The van der Waals surface area contributed by atoms with E-state index in [2.05, 4.69) is 4.98 Å². The second-order valence-electron chi connectivity index (χ2n) is 5.67. The van der Waals surface area contributed by atoms with Gasteiger partial charge in [-0.3, -0.25) is 4.98 Å². The second kappa shape index (κ2) is 7.81. The van der Waals surface area contributed by atoms with Crippen LogP contribution in [0.15, 0.2) is 24.4 Å². The van der Waals surface area contributed by atoms with Gasteiger partial charge in [-0.05, 0) is 48.6 Å². The summed E-state index contributed by atoms with van der Waals surface area (Å²) in [5.74, 6) is 1.84. The van der Waals surface area contributed by atoms with Gasteiger partial charge in [-0.1, -0.05) is 23.2 Å². The van der Waals surface area contributed by atoms with Gasteiger partial charge in [0.25, 0.3) is 0 Å². The van der Waals surface area contributed by atoms with Crippen molar-refractivity contribution in [2.24, 2.45) is 0 Å². The molecule has 1 atom stereocenters. The molecule has 1 aliphatic rings. The van der Waals surface area contributed by atoms with E-state index in [0.29, 0.717) is 28.3 Å². The number of pyridine rings is 1. The standard InChI is InChI=1S/C18H18Cl3NO2/c1-23-11-5-6-16(22-10-11)12-3-2-4-13-14(12)9-15(20)18(17(13)21)24-8-7-19/h5-6,9-10,12H,2-4,7-8H2,1H3. The first-order chi connectivity index (χ1) is 11.7. The Bertz CT molecular complexity index is 719. The fraction of sp³-hybridized carbons (Fsp3) is 0.389. The summed E-state index contributed by atoms with van der Waals surface area (Å²) in [4.78, 5) is 4.54. The Hall–Kier alpha value is -1.16. The molecule has 1 aliphatic carbocycles. The molecule has 3 nitrogen and oxygen atoms in total. The molecule has 128 valence electrons. The van der Waals surface area contributed by atoms with Gasteiger partial charge in [0, 0.05) is 11.6 Å². The van der Waals surface area contributed by atoms with Crippen molar-refractivity contribution in [2.75, 3.05) is 19.6 Å². The Morgan fingerprint density at radius 2 is 2.12 bits per heavy atom. The van der Waals surface area contributed by atoms with Crippen LogP contribution >= 0.6 is 34.8 Å². The van der Waals surface area contributed by atoms with Crippen molar-refractivity contribution in [3.05, 3.63) is 51.3 Å². The van der Waals surface area contributed by atoms with Gasteiger partial charge in [0.05, 0.1) is 29.2 Å². The number of hydrogen-bond acceptors (Lipinski definition) is 3. The predicted octanol–water partition coefficient (Wildman–Crippen LogP) is 5.48. The normalized spacial score (nSPS) is 16.6. The van der Waals surface area contributed by atoms with Crippen LogP contribution in [0.1, 0.15) is 35.6 Å². The van der Waals surface area contributed by atoms with Crippen molar-refractivity contribution in [3.63, 3.8) is 0 Å². The molecule has 1 aromatic heterocycles. The van der Waals surface area contributed by atoms with E-state index in [1.54, 1.807) is 13.3 Å². The molecule has 0 bridgehead atoms. The van der Waals surface area contributed by atoms with Gasteiger partial charge in [-0.15, -0.1) is 11.6 Å². The number of benzene rings is 1. The summed E-state index contributed by atoms with van der Waals surface area (Å²) < 4.78 is 10.8. The Labute approximate surface area is 156 Å². The van der Waals surface area contributed by atoms with Crippen LogP contribution in [0.25, 0.3) is 0 Å². The average Bonchev–Trinajstić information content (AvgIpc) is 2.61. The monoisotopic (exact) mass is 385 g/mol. The molecule has 2 aromatic rings. The van der Waals surface area contributed by atoms with Gasteiger partial charge >= 0.3 is 0 Å². The zero-order valence-corrected chi connectivity index (χ0v) is 15.6. The van der Waals surface area contributed by atoms with Gasteiger partial charge in [-0.2, -0.15) is 0 Å². The quantitative estimate of drug-likeness (QED) is 0.637. The summed E-state index contributed by atoms with van der Waals surface area (Å²) in [6, 6.07) is 5.89. The van der Waals surface area contributed by atoms with E-state index in [4.69, 9.17) is 44.3 Å². The Morgan fingerprint density at radius 1 is 1.29 bits per heavy atom. The van der Waals surface area contributed by atoms with Gasteiger partial charge in [0.2, 0.25) is 0 Å². The van der Waals surface area contributed by atoms with Crippen molar-refractivity contribution < 1.29 is 9.47 Å². The number of rotatable bonds is 5. The summed E-state index contributed by atoms with van der Waals surface area (Å²) in [6.07, 6.45) is 4.71.